The molecule has 34 heavy (non-hydrogen) atoms. The molecule has 3 heterocycles. The average molecular weight is 498 g/mol. The van der Waals surface area contributed by atoms with Crippen LogP contribution in [0.4, 0.5) is 5.13 Å². The number of methoxy groups -OCH3 is 2. The summed E-state index contributed by atoms with van der Waals surface area (Å²) < 4.78 is 18.0. The van der Waals surface area contributed by atoms with E-state index in [1.54, 1.807) is 32.6 Å². The van der Waals surface area contributed by atoms with Gasteiger partial charge < -0.3 is 19.2 Å². The van der Waals surface area contributed by atoms with Crippen LogP contribution in [0.3, 0.4) is 0 Å². The Kier molecular flexibility index (Phi) is 7.33. The standard InChI is InChI=1S/C23H23N5O4S2/c1-5-9-28-21(16-8-10-32-14(16)2)26-27-23(28)34-13-20(29)25-22-24-18(12-33-22)17-7-6-15(30-3)11-19(17)31-4/h5-8,10-12H,1,9,13H2,2-4H3,(H,24,25,29). The number of thiazole rings is 1. The molecule has 0 fully saturated rings. The van der Waals surface area contributed by atoms with Crippen LogP contribution < -0.4 is 14.8 Å². The number of carbonyl (C=O) groups is 1. The van der Waals surface area contributed by atoms with Crippen LogP contribution >= 0.6 is 23.1 Å². The van der Waals surface area contributed by atoms with Crippen LogP contribution in [0.5, 0.6) is 11.5 Å². The fraction of sp³-hybridized carbons (Fsp3) is 0.217. The number of benzene rings is 1. The Morgan fingerprint density at radius 1 is 1.26 bits per heavy atom. The van der Waals surface area contributed by atoms with Gasteiger partial charge in [0.25, 0.3) is 0 Å². The first-order valence-electron chi connectivity index (χ1n) is 10.2. The van der Waals surface area contributed by atoms with Crippen molar-refractivity contribution in [3.05, 3.63) is 54.3 Å². The summed E-state index contributed by atoms with van der Waals surface area (Å²) in [6.45, 7) is 6.19. The van der Waals surface area contributed by atoms with Crippen molar-refractivity contribution in [2.75, 3.05) is 25.3 Å². The van der Waals surface area contributed by atoms with E-state index in [0.717, 1.165) is 16.9 Å². The number of anilines is 1. The lowest BCUT2D eigenvalue weighted by molar-refractivity contribution is -0.113. The molecule has 4 aromatic rings. The largest absolute Gasteiger partial charge is 0.497 e. The molecule has 1 amide bonds. The van der Waals surface area contributed by atoms with E-state index < -0.39 is 0 Å². The summed E-state index contributed by atoms with van der Waals surface area (Å²) in [7, 11) is 3.19. The van der Waals surface area contributed by atoms with Gasteiger partial charge in [-0.3, -0.25) is 9.36 Å². The number of rotatable bonds is 10. The topological polar surface area (TPSA) is 104 Å². The van der Waals surface area contributed by atoms with Crippen molar-refractivity contribution in [1.29, 1.82) is 0 Å². The summed E-state index contributed by atoms with van der Waals surface area (Å²) in [5.74, 6) is 2.72. The maximum Gasteiger partial charge on any atom is 0.236 e. The molecule has 0 atom stereocenters. The number of allylic oxidation sites excluding steroid dienone is 1. The third-order valence-corrected chi connectivity index (χ3v) is 6.62. The molecular weight excluding hydrogens is 474 g/mol. The lowest BCUT2D eigenvalue weighted by Crippen LogP contribution is -2.14. The van der Waals surface area contributed by atoms with Crippen molar-refractivity contribution in [2.24, 2.45) is 0 Å². The molecule has 176 valence electrons. The number of ether oxygens (including phenoxy) is 2. The van der Waals surface area contributed by atoms with Gasteiger partial charge >= 0.3 is 0 Å². The lowest BCUT2D eigenvalue weighted by atomic mass is 10.1. The zero-order valence-corrected chi connectivity index (χ0v) is 20.5. The van der Waals surface area contributed by atoms with E-state index in [1.807, 2.05) is 35.1 Å². The van der Waals surface area contributed by atoms with Gasteiger partial charge in [-0.2, -0.15) is 0 Å². The van der Waals surface area contributed by atoms with Gasteiger partial charge in [0, 0.05) is 23.6 Å². The zero-order chi connectivity index (χ0) is 24.1. The van der Waals surface area contributed by atoms with Gasteiger partial charge in [-0.15, -0.1) is 28.1 Å². The molecule has 1 N–H and O–H groups in total. The van der Waals surface area contributed by atoms with Gasteiger partial charge in [0.15, 0.2) is 16.1 Å². The van der Waals surface area contributed by atoms with Crippen LogP contribution in [0.25, 0.3) is 22.6 Å². The predicted octanol–water partition coefficient (Wildman–Crippen LogP) is 4.90. The van der Waals surface area contributed by atoms with E-state index in [4.69, 9.17) is 13.9 Å². The van der Waals surface area contributed by atoms with Gasteiger partial charge in [0.2, 0.25) is 5.91 Å². The Morgan fingerprint density at radius 3 is 2.82 bits per heavy atom. The van der Waals surface area contributed by atoms with Crippen molar-refractivity contribution in [2.45, 2.75) is 18.6 Å². The fourth-order valence-electron chi connectivity index (χ4n) is 3.26. The normalized spacial score (nSPS) is 10.8. The third-order valence-electron chi connectivity index (χ3n) is 4.90. The molecule has 0 aliphatic carbocycles. The van der Waals surface area contributed by atoms with Crippen LogP contribution in [-0.4, -0.2) is 45.6 Å². The molecule has 0 saturated carbocycles. The second kappa shape index (κ2) is 10.6. The molecule has 0 bridgehead atoms. The molecule has 0 saturated heterocycles. The molecule has 0 aliphatic rings. The number of thioether (sulfide) groups is 1. The zero-order valence-electron chi connectivity index (χ0n) is 18.9. The molecule has 4 rings (SSSR count). The number of hydrogen-bond acceptors (Lipinski definition) is 9. The molecule has 0 spiro atoms. The van der Waals surface area contributed by atoms with Crippen LogP contribution in [-0.2, 0) is 11.3 Å². The molecule has 1 aromatic carbocycles. The molecule has 0 unspecified atom stereocenters. The van der Waals surface area contributed by atoms with Crippen LogP contribution in [0.1, 0.15) is 5.76 Å². The number of furan rings is 1. The Balaban J connectivity index is 1.43. The number of amides is 1. The molecular formula is C23H23N5O4S2. The minimum Gasteiger partial charge on any atom is -0.497 e. The van der Waals surface area contributed by atoms with E-state index in [2.05, 4.69) is 27.1 Å². The van der Waals surface area contributed by atoms with Crippen LogP contribution in [0, 0.1) is 6.92 Å². The third kappa shape index (κ3) is 5.00. The van der Waals surface area contributed by atoms with Crippen molar-refractivity contribution in [3.63, 3.8) is 0 Å². The van der Waals surface area contributed by atoms with Crippen molar-refractivity contribution in [3.8, 4) is 34.1 Å². The van der Waals surface area contributed by atoms with Crippen molar-refractivity contribution >= 4 is 34.1 Å². The first-order valence-corrected chi connectivity index (χ1v) is 12.1. The second-order valence-electron chi connectivity index (χ2n) is 7.04. The van der Waals surface area contributed by atoms with Gasteiger partial charge in [0.1, 0.15) is 17.3 Å². The van der Waals surface area contributed by atoms with E-state index in [-0.39, 0.29) is 11.7 Å². The minimum absolute atomic E-state index is 0.153. The number of aromatic nitrogens is 4. The van der Waals surface area contributed by atoms with Crippen LogP contribution in [0.2, 0.25) is 0 Å². The monoisotopic (exact) mass is 497 g/mol. The van der Waals surface area contributed by atoms with Crippen molar-refractivity contribution < 1.29 is 18.7 Å². The summed E-state index contributed by atoms with van der Waals surface area (Å²) in [5, 5.41) is 14.4. The SMILES string of the molecule is C=CCn1c(SCC(=O)Nc2nc(-c3ccc(OC)cc3OC)cs2)nnc1-c1ccoc1C. The smallest absolute Gasteiger partial charge is 0.236 e. The minimum atomic E-state index is -0.193. The summed E-state index contributed by atoms with van der Waals surface area (Å²) in [6.07, 6.45) is 3.37. The van der Waals surface area contributed by atoms with Gasteiger partial charge in [-0.1, -0.05) is 17.8 Å². The highest BCUT2D eigenvalue weighted by Crippen LogP contribution is 2.35. The molecule has 3 aromatic heterocycles. The average Bonchev–Trinajstić information content (AvgIpc) is 3.58. The quantitative estimate of drug-likeness (QED) is 0.244. The van der Waals surface area contributed by atoms with E-state index >= 15 is 0 Å². The van der Waals surface area contributed by atoms with Crippen molar-refractivity contribution in [1.82, 2.24) is 19.7 Å². The molecule has 0 radical (unpaired) electrons. The summed E-state index contributed by atoms with van der Waals surface area (Å²) in [5.41, 5.74) is 2.38. The molecule has 11 heteroatoms. The Morgan fingerprint density at radius 2 is 2.12 bits per heavy atom. The van der Waals surface area contributed by atoms with Gasteiger partial charge in [-0.25, -0.2) is 4.98 Å². The highest BCUT2D eigenvalue weighted by Gasteiger charge is 2.18. The first-order chi connectivity index (χ1) is 16.5. The Bertz CT molecular complexity index is 1310. The Labute approximate surface area is 204 Å². The molecule has 0 aliphatic heterocycles. The number of nitrogens with one attached hydrogen (secondary N) is 1. The fourth-order valence-corrected chi connectivity index (χ4v) is 4.73. The first kappa shape index (κ1) is 23.6. The summed E-state index contributed by atoms with van der Waals surface area (Å²) >= 11 is 2.64. The number of nitrogens with zero attached hydrogens (tertiary/aromatic N) is 4. The predicted molar refractivity (Wildman–Crippen MR) is 133 cm³/mol. The highest BCUT2D eigenvalue weighted by atomic mass is 32.2. The maximum absolute atomic E-state index is 12.6. The van der Waals surface area contributed by atoms with E-state index in [1.165, 1.54) is 23.1 Å². The maximum atomic E-state index is 12.6. The Hall–Kier alpha value is -3.57. The lowest BCUT2D eigenvalue weighted by Gasteiger charge is -2.08. The number of hydrogen-bond donors (Lipinski definition) is 1. The van der Waals surface area contributed by atoms with E-state index in [9.17, 15) is 4.79 Å². The molecule has 9 nitrogen and oxygen atoms in total. The summed E-state index contributed by atoms with van der Waals surface area (Å²) in [4.78, 5) is 17.1. The van der Waals surface area contributed by atoms with E-state index in [0.29, 0.717) is 39.9 Å². The second-order valence-corrected chi connectivity index (χ2v) is 8.84. The van der Waals surface area contributed by atoms with Gasteiger partial charge in [-0.05, 0) is 25.1 Å². The highest BCUT2D eigenvalue weighted by molar-refractivity contribution is 7.99. The number of aryl methyl sites for hydroxylation is 1. The van der Waals surface area contributed by atoms with Crippen LogP contribution in [0.15, 0.2) is 58.1 Å². The van der Waals surface area contributed by atoms with Gasteiger partial charge in [0.05, 0.1) is 37.5 Å². The summed E-state index contributed by atoms with van der Waals surface area (Å²) in [6, 6.07) is 7.35. The number of carbonyl (C=O) groups excluding carboxylic acids is 1.